The lowest BCUT2D eigenvalue weighted by Crippen LogP contribution is -2.14. The minimum absolute atomic E-state index is 0.0504. The summed E-state index contributed by atoms with van der Waals surface area (Å²) in [6.07, 6.45) is 0. The highest BCUT2D eigenvalue weighted by atomic mass is 16.3. The smallest absolute Gasteiger partial charge is 0.180 e. The van der Waals surface area contributed by atoms with E-state index in [1.54, 1.807) is 18.2 Å². The van der Waals surface area contributed by atoms with Gasteiger partial charge in [-0.1, -0.05) is 18.2 Å². The lowest BCUT2D eigenvalue weighted by Gasteiger charge is -2.10. The van der Waals surface area contributed by atoms with Crippen molar-refractivity contribution in [1.29, 1.82) is 0 Å². The Morgan fingerprint density at radius 2 is 1.61 bits per heavy atom. The van der Waals surface area contributed by atoms with Crippen molar-refractivity contribution in [3.05, 3.63) is 65.4 Å². The predicted octanol–water partition coefficient (Wildman–Crippen LogP) is 2.81. The summed E-state index contributed by atoms with van der Waals surface area (Å²) in [7, 11) is 0. The molecule has 0 saturated heterocycles. The number of Topliss-reactive ketones (excluding diaryl/α,β-unsaturated/α-hetero) is 2. The number of pyridine rings is 1. The Morgan fingerprint density at radius 3 is 2.43 bits per heavy atom. The molecule has 0 saturated carbocycles. The largest absolute Gasteiger partial charge is 0.508 e. The number of aromatic nitrogens is 1. The number of para-hydroxylation sites is 1. The van der Waals surface area contributed by atoms with Gasteiger partial charge >= 0.3 is 0 Å². The molecule has 0 radical (unpaired) electrons. The maximum Gasteiger partial charge on any atom is 0.180 e. The van der Waals surface area contributed by atoms with E-state index in [0.717, 1.165) is 5.39 Å². The molecule has 23 heavy (non-hydrogen) atoms. The first-order valence-electron chi connectivity index (χ1n) is 7.06. The van der Waals surface area contributed by atoms with Crippen LogP contribution >= 0.6 is 0 Å². The lowest BCUT2D eigenvalue weighted by molar-refractivity contribution is 0.0886. The maximum atomic E-state index is 12.6. The molecule has 1 aliphatic carbocycles. The summed E-state index contributed by atoms with van der Waals surface area (Å²) < 4.78 is 0. The van der Waals surface area contributed by atoms with Crippen molar-refractivity contribution < 1.29 is 19.8 Å². The minimum atomic E-state index is -1.17. The van der Waals surface area contributed by atoms with Gasteiger partial charge in [-0.3, -0.25) is 9.59 Å². The van der Waals surface area contributed by atoms with E-state index in [4.69, 9.17) is 0 Å². The second kappa shape index (κ2) is 4.64. The van der Waals surface area contributed by atoms with Crippen molar-refractivity contribution >= 4 is 22.5 Å². The number of carbonyl (C=O) groups is 2. The van der Waals surface area contributed by atoms with Gasteiger partial charge in [0.1, 0.15) is 23.1 Å². The Bertz CT molecular complexity index is 993. The van der Waals surface area contributed by atoms with Gasteiger partial charge in [-0.25, -0.2) is 4.98 Å². The molecule has 5 nitrogen and oxygen atoms in total. The third-order valence-electron chi connectivity index (χ3n) is 4.06. The fourth-order valence-corrected chi connectivity index (χ4v) is 2.96. The molecule has 2 N–H and O–H groups in total. The number of rotatable bonds is 1. The molecule has 1 aromatic heterocycles. The summed E-state index contributed by atoms with van der Waals surface area (Å²) in [5.41, 5.74) is 1.05. The Balaban J connectivity index is 1.91. The molecule has 2 aromatic carbocycles. The van der Waals surface area contributed by atoms with Crippen molar-refractivity contribution in [1.82, 2.24) is 4.98 Å². The zero-order chi connectivity index (χ0) is 16.1. The quantitative estimate of drug-likeness (QED) is 0.675. The average molecular weight is 305 g/mol. The van der Waals surface area contributed by atoms with E-state index < -0.39 is 17.5 Å². The molecule has 0 spiro atoms. The third kappa shape index (κ3) is 1.90. The van der Waals surface area contributed by atoms with Crippen LogP contribution in [0.15, 0.2) is 48.5 Å². The molecule has 1 aliphatic rings. The summed E-state index contributed by atoms with van der Waals surface area (Å²) in [6, 6.07) is 12.7. The van der Waals surface area contributed by atoms with Crippen molar-refractivity contribution in [3.8, 4) is 11.5 Å². The standard InChI is InChI=1S/C18H11NO4/c20-10-5-6-11-12(8-10)18(23)15(17(11)22)16-14(21)7-9-3-1-2-4-13(9)19-16/h1-8,15,20-21H. The molecule has 0 amide bonds. The first-order valence-corrected chi connectivity index (χ1v) is 7.06. The van der Waals surface area contributed by atoms with Crippen molar-refractivity contribution in [3.63, 3.8) is 0 Å². The molecule has 5 heteroatoms. The number of hydrogen-bond donors (Lipinski definition) is 2. The number of carbonyl (C=O) groups excluding carboxylic acids is 2. The monoisotopic (exact) mass is 305 g/mol. The number of fused-ring (bicyclic) bond motifs is 2. The Kier molecular flexibility index (Phi) is 2.72. The highest BCUT2D eigenvalue weighted by Crippen LogP contribution is 2.38. The van der Waals surface area contributed by atoms with Gasteiger partial charge in [-0.15, -0.1) is 0 Å². The average Bonchev–Trinajstić information content (AvgIpc) is 2.78. The van der Waals surface area contributed by atoms with E-state index >= 15 is 0 Å². The van der Waals surface area contributed by atoms with Crippen molar-refractivity contribution in [2.45, 2.75) is 5.92 Å². The minimum Gasteiger partial charge on any atom is -0.508 e. The van der Waals surface area contributed by atoms with Crippen LogP contribution in [0.25, 0.3) is 10.9 Å². The number of phenols is 1. The van der Waals surface area contributed by atoms with E-state index in [2.05, 4.69) is 4.98 Å². The molecule has 0 bridgehead atoms. The molecule has 1 unspecified atom stereocenters. The first-order chi connectivity index (χ1) is 11.1. The Hall–Kier alpha value is -3.21. The zero-order valence-electron chi connectivity index (χ0n) is 11.9. The number of benzene rings is 2. The van der Waals surface area contributed by atoms with Gasteiger partial charge in [-0.2, -0.15) is 0 Å². The first kappa shape index (κ1) is 13.5. The fourth-order valence-electron chi connectivity index (χ4n) is 2.96. The zero-order valence-corrected chi connectivity index (χ0v) is 11.9. The van der Waals surface area contributed by atoms with Gasteiger partial charge in [0.25, 0.3) is 0 Å². The summed E-state index contributed by atoms with van der Waals surface area (Å²) >= 11 is 0. The second-order valence-corrected chi connectivity index (χ2v) is 5.48. The number of nitrogens with zero attached hydrogens (tertiary/aromatic N) is 1. The van der Waals surface area contributed by atoms with Gasteiger partial charge < -0.3 is 10.2 Å². The molecule has 3 aromatic rings. The van der Waals surface area contributed by atoms with Crippen LogP contribution in [0.5, 0.6) is 11.5 Å². The second-order valence-electron chi connectivity index (χ2n) is 5.48. The van der Waals surface area contributed by atoms with Crippen LogP contribution in [0, 0.1) is 0 Å². The van der Waals surface area contributed by atoms with Crippen molar-refractivity contribution in [2.24, 2.45) is 0 Å². The van der Waals surface area contributed by atoms with E-state index in [-0.39, 0.29) is 28.3 Å². The van der Waals surface area contributed by atoms with Crippen LogP contribution < -0.4 is 0 Å². The van der Waals surface area contributed by atoms with Crippen molar-refractivity contribution in [2.75, 3.05) is 0 Å². The van der Waals surface area contributed by atoms with Gasteiger partial charge in [0.2, 0.25) is 0 Å². The van der Waals surface area contributed by atoms with Crippen LogP contribution in [-0.4, -0.2) is 26.8 Å². The highest BCUT2D eigenvalue weighted by Gasteiger charge is 2.42. The molecule has 1 atom stereocenters. The summed E-state index contributed by atoms with van der Waals surface area (Å²) in [6.45, 7) is 0. The number of phenolic OH excluding ortho intramolecular Hbond substituents is 1. The van der Waals surface area contributed by atoms with E-state index in [9.17, 15) is 19.8 Å². The summed E-state index contributed by atoms with van der Waals surface area (Å²) in [5, 5.41) is 20.5. The number of ketones is 2. The Labute approximate surface area is 130 Å². The maximum absolute atomic E-state index is 12.6. The Morgan fingerprint density at radius 1 is 0.870 bits per heavy atom. The van der Waals surface area contributed by atoms with Gasteiger partial charge in [0, 0.05) is 16.5 Å². The molecular weight excluding hydrogens is 294 g/mol. The molecule has 112 valence electrons. The van der Waals surface area contributed by atoms with Gasteiger partial charge in [0.15, 0.2) is 11.6 Å². The highest BCUT2D eigenvalue weighted by molar-refractivity contribution is 6.30. The SMILES string of the molecule is O=C1c2ccc(O)cc2C(=O)C1c1nc2ccccc2cc1O. The normalized spacial score (nSPS) is 16.8. The van der Waals surface area contributed by atoms with Gasteiger partial charge in [-0.05, 0) is 30.3 Å². The topological polar surface area (TPSA) is 87.5 Å². The third-order valence-corrected chi connectivity index (χ3v) is 4.06. The molecular formula is C18H11NO4. The van der Waals surface area contributed by atoms with Crippen LogP contribution in [0.1, 0.15) is 32.3 Å². The van der Waals surface area contributed by atoms with Crippen LogP contribution in [-0.2, 0) is 0 Å². The van der Waals surface area contributed by atoms with Crippen LogP contribution in [0.2, 0.25) is 0 Å². The summed E-state index contributed by atoms with van der Waals surface area (Å²) in [4.78, 5) is 29.4. The van der Waals surface area contributed by atoms with Crippen LogP contribution in [0.3, 0.4) is 0 Å². The number of aromatic hydroxyl groups is 2. The molecule has 4 rings (SSSR count). The van der Waals surface area contributed by atoms with Crippen LogP contribution in [0.4, 0.5) is 0 Å². The lowest BCUT2D eigenvalue weighted by atomic mass is 9.97. The van der Waals surface area contributed by atoms with E-state index in [1.807, 2.05) is 6.07 Å². The predicted molar refractivity (Wildman–Crippen MR) is 82.9 cm³/mol. The summed E-state index contributed by atoms with van der Waals surface area (Å²) in [5.74, 6) is -2.31. The fraction of sp³-hybridized carbons (Fsp3) is 0.0556. The molecule has 0 fully saturated rings. The molecule has 0 aliphatic heterocycles. The van der Waals surface area contributed by atoms with Gasteiger partial charge in [0.05, 0.1) is 5.52 Å². The van der Waals surface area contributed by atoms with E-state index in [0.29, 0.717) is 5.52 Å². The van der Waals surface area contributed by atoms with E-state index in [1.165, 1.54) is 24.3 Å². The number of hydrogen-bond acceptors (Lipinski definition) is 5. The molecule has 1 heterocycles.